The Labute approximate surface area is 123 Å². The number of carboxylic acid groups (broad SMARTS) is 1. The van der Waals surface area contributed by atoms with Crippen LogP contribution in [0, 0.1) is 5.92 Å². The average Bonchev–Trinajstić information content (AvgIpc) is 3.11. The third-order valence-corrected chi connectivity index (χ3v) is 4.36. The van der Waals surface area contributed by atoms with E-state index in [4.69, 9.17) is 9.15 Å². The van der Waals surface area contributed by atoms with Crippen molar-refractivity contribution in [3.05, 3.63) is 36.1 Å². The summed E-state index contributed by atoms with van der Waals surface area (Å²) in [5, 5.41) is 10.3. The Morgan fingerprint density at radius 2 is 2.14 bits per heavy atom. The van der Waals surface area contributed by atoms with Crippen LogP contribution in [0.25, 0.3) is 11.0 Å². The molecule has 1 aromatic heterocycles. The minimum Gasteiger partial charge on any atom is -0.481 e. The highest BCUT2D eigenvalue weighted by atomic mass is 16.5. The van der Waals surface area contributed by atoms with Crippen molar-refractivity contribution in [1.29, 1.82) is 0 Å². The predicted molar refractivity (Wildman–Crippen MR) is 78.1 cm³/mol. The van der Waals surface area contributed by atoms with E-state index in [0.717, 1.165) is 16.7 Å². The fraction of sp³-hybridized carbons (Fsp3) is 0.438. The number of hydrogen-bond acceptors (Lipinski definition) is 4. The molecule has 0 amide bonds. The lowest BCUT2D eigenvalue weighted by molar-refractivity contribution is -0.143. The molecule has 3 atom stereocenters. The van der Waals surface area contributed by atoms with Crippen LogP contribution in [0.4, 0.5) is 0 Å². The van der Waals surface area contributed by atoms with Crippen molar-refractivity contribution in [2.45, 2.75) is 19.0 Å². The van der Waals surface area contributed by atoms with Gasteiger partial charge in [0.1, 0.15) is 11.3 Å². The van der Waals surface area contributed by atoms with Crippen LogP contribution in [-0.4, -0.2) is 42.3 Å². The van der Waals surface area contributed by atoms with Gasteiger partial charge >= 0.3 is 5.97 Å². The summed E-state index contributed by atoms with van der Waals surface area (Å²) in [6.45, 7) is 2.74. The van der Waals surface area contributed by atoms with E-state index in [2.05, 4.69) is 0 Å². The van der Waals surface area contributed by atoms with Crippen LogP contribution in [0.15, 0.2) is 34.7 Å². The van der Waals surface area contributed by atoms with Crippen molar-refractivity contribution in [3.63, 3.8) is 0 Å². The fourth-order valence-corrected chi connectivity index (χ4v) is 2.88. The zero-order valence-electron chi connectivity index (χ0n) is 12.2. The molecule has 0 bridgehead atoms. The van der Waals surface area contributed by atoms with Crippen LogP contribution in [-0.2, 0) is 9.53 Å². The second-order valence-electron chi connectivity index (χ2n) is 5.58. The van der Waals surface area contributed by atoms with Crippen LogP contribution >= 0.6 is 0 Å². The van der Waals surface area contributed by atoms with Crippen LogP contribution in [0.2, 0.25) is 0 Å². The molecule has 21 heavy (non-hydrogen) atoms. The summed E-state index contributed by atoms with van der Waals surface area (Å²) in [5.74, 6) is -0.447. The molecule has 1 aromatic carbocycles. The summed E-state index contributed by atoms with van der Waals surface area (Å²) in [6, 6.07) is 9.73. The highest BCUT2D eigenvalue weighted by molar-refractivity contribution is 5.77. The van der Waals surface area contributed by atoms with Crippen LogP contribution in [0.1, 0.15) is 18.7 Å². The van der Waals surface area contributed by atoms with Gasteiger partial charge in [0.2, 0.25) is 0 Å². The highest BCUT2D eigenvalue weighted by Gasteiger charge is 2.38. The smallest absolute Gasteiger partial charge is 0.310 e. The van der Waals surface area contributed by atoms with E-state index in [0.29, 0.717) is 6.61 Å². The summed E-state index contributed by atoms with van der Waals surface area (Å²) in [4.78, 5) is 13.3. The first-order valence-corrected chi connectivity index (χ1v) is 7.09. The summed E-state index contributed by atoms with van der Waals surface area (Å²) in [6.07, 6.45) is 0. The number of carbonyl (C=O) groups is 1. The zero-order valence-corrected chi connectivity index (χ0v) is 12.2. The number of furan rings is 1. The lowest BCUT2D eigenvalue weighted by atomic mass is 10.0. The SMILES string of the molecule is CC(c1cc2ccccc2o1)N(C)C1COCC1C(=O)O. The van der Waals surface area contributed by atoms with E-state index >= 15 is 0 Å². The van der Waals surface area contributed by atoms with Crippen molar-refractivity contribution >= 4 is 16.9 Å². The van der Waals surface area contributed by atoms with E-state index in [1.54, 1.807) is 0 Å². The van der Waals surface area contributed by atoms with E-state index < -0.39 is 11.9 Å². The standard InChI is InChI=1S/C16H19NO4/c1-10(15-7-11-5-3-4-6-14(11)21-15)17(2)13-9-20-8-12(13)16(18)19/h3-7,10,12-13H,8-9H2,1-2H3,(H,18,19). The number of para-hydroxylation sites is 1. The molecule has 3 rings (SSSR count). The Balaban J connectivity index is 1.83. The number of ether oxygens (including phenoxy) is 1. The monoisotopic (exact) mass is 289 g/mol. The van der Waals surface area contributed by atoms with Crippen molar-refractivity contribution in [3.8, 4) is 0 Å². The third-order valence-electron chi connectivity index (χ3n) is 4.36. The van der Waals surface area contributed by atoms with Gasteiger partial charge in [-0.3, -0.25) is 9.69 Å². The van der Waals surface area contributed by atoms with Gasteiger partial charge in [0.05, 0.1) is 25.2 Å². The van der Waals surface area contributed by atoms with Gasteiger partial charge in [-0.2, -0.15) is 0 Å². The lowest BCUT2D eigenvalue weighted by Crippen LogP contribution is -2.41. The molecular weight excluding hydrogens is 270 g/mol. The number of benzene rings is 1. The second kappa shape index (κ2) is 5.50. The van der Waals surface area contributed by atoms with Crippen molar-refractivity contribution in [2.24, 2.45) is 5.92 Å². The molecule has 112 valence electrons. The minimum absolute atomic E-state index is 0.00838. The van der Waals surface area contributed by atoms with E-state index in [-0.39, 0.29) is 18.7 Å². The fourth-order valence-electron chi connectivity index (χ4n) is 2.88. The number of nitrogens with zero attached hydrogens (tertiary/aromatic N) is 1. The van der Waals surface area contributed by atoms with Crippen molar-refractivity contribution in [1.82, 2.24) is 4.90 Å². The molecule has 2 aromatic rings. The average molecular weight is 289 g/mol. The molecule has 2 heterocycles. The largest absolute Gasteiger partial charge is 0.481 e. The van der Waals surface area contributed by atoms with Gasteiger partial charge in [0.25, 0.3) is 0 Å². The molecule has 1 saturated heterocycles. The van der Waals surface area contributed by atoms with Crippen LogP contribution in [0.5, 0.6) is 0 Å². The van der Waals surface area contributed by atoms with Gasteiger partial charge in [-0.15, -0.1) is 0 Å². The van der Waals surface area contributed by atoms with Crippen molar-refractivity contribution in [2.75, 3.05) is 20.3 Å². The molecule has 0 radical (unpaired) electrons. The summed E-state index contributed by atoms with van der Waals surface area (Å²) >= 11 is 0. The first-order chi connectivity index (χ1) is 10.1. The van der Waals surface area contributed by atoms with E-state index in [1.165, 1.54) is 0 Å². The Morgan fingerprint density at radius 3 is 2.86 bits per heavy atom. The maximum absolute atomic E-state index is 11.3. The first-order valence-electron chi connectivity index (χ1n) is 7.09. The Kier molecular flexibility index (Phi) is 3.69. The minimum atomic E-state index is -0.804. The number of likely N-dealkylation sites (N-methyl/N-ethyl adjacent to an activating group) is 1. The van der Waals surface area contributed by atoms with Gasteiger partial charge in [-0.05, 0) is 26.1 Å². The van der Waals surface area contributed by atoms with Crippen LogP contribution in [0.3, 0.4) is 0 Å². The van der Waals surface area contributed by atoms with E-state index in [9.17, 15) is 9.90 Å². The molecule has 1 fully saturated rings. The second-order valence-corrected chi connectivity index (χ2v) is 5.58. The predicted octanol–water partition coefficient (Wildman–Crippen LogP) is 2.53. The number of rotatable bonds is 4. The Bertz CT molecular complexity index is 618. The number of carboxylic acids is 1. The molecular formula is C16H19NO4. The lowest BCUT2D eigenvalue weighted by Gasteiger charge is -2.30. The maximum atomic E-state index is 11.3. The molecule has 1 aliphatic rings. The van der Waals surface area contributed by atoms with Gasteiger partial charge in [-0.25, -0.2) is 0 Å². The molecule has 1 aliphatic heterocycles. The summed E-state index contributed by atoms with van der Waals surface area (Å²) in [5.41, 5.74) is 0.852. The zero-order chi connectivity index (χ0) is 15.0. The molecule has 0 aliphatic carbocycles. The molecule has 5 heteroatoms. The topological polar surface area (TPSA) is 62.9 Å². The van der Waals surface area contributed by atoms with Gasteiger partial charge in [0.15, 0.2) is 0 Å². The van der Waals surface area contributed by atoms with Gasteiger partial charge < -0.3 is 14.3 Å². The van der Waals surface area contributed by atoms with E-state index in [1.807, 2.05) is 49.2 Å². The highest BCUT2D eigenvalue weighted by Crippen LogP contribution is 2.30. The van der Waals surface area contributed by atoms with Gasteiger partial charge in [-0.1, -0.05) is 18.2 Å². The third kappa shape index (κ3) is 2.54. The summed E-state index contributed by atoms with van der Waals surface area (Å²) in [7, 11) is 1.92. The number of fused-ring (bicyclic) bond motifs is 1. The number of aliphatic carboxylic acids is 1. The Hall–Kier alpha value is -1.85. The molecule has 1 N–H and O–H groups in total. The number of hydrogen-bond donors (Lipinski definition) is 1. The Morgan fingerprint density at radius 1 is 1.38 bits per heavy atom. The molecule has 0 spiro atoms. The maximum Gasteiger partial charge on any atom is 0.310 e. The molecule has 3 unspecified atom stereocenters. The first kappa shape index (κ1) is 14.1. The normalized spacial score (nSPS) is 23.8. The quantitative estimate of drug-likeness (QED) is 0.937. The molecule has 0 saturated carbocycles. The van der Waals surface area contributed by atoms with Gasteiger partial charge in [0, 0.05) is 11.4 Å². The van der Waals surface area contributed by atoms with Crippen molar-refractivity contribution < 1.29 is 19.1 Å². The molecule has 5 nitrogen and oxygen atoms in total. The van der Waals surface area contributed by atoms with Crippen LogP contribution < -0.4 is 0 Å². The summed E-state index contributed by atoms with van der Waals surface area (Å²) < 4.78 is 11.2.